The van der Waals surface area contributed by atoms with Gasteiger partial charge in [0.1, 0.15) is 6.10 Å². The van der Waals surface area contributed by atoms with E-state index in [4.69, 9.17) is 10.00 Å². The number of hydrogen-bond acceptors (Lipinski definition) is 3. The van der Waals surface area contributed by atoms with Crippen LogP contribution >= 0.6 is 0 Å². The first-order chi connectivity index (χ1) is 11.7. The van der Waals surface area contributed by atoms with Crippen LogP contribution < -0.4 is 0 Å². The van der Waals surface area contributed by atoms with Crippen LogP contribution in [0, 0.1) is 23.2 Å². The van der Waals surface area contributed by atoms with Crippen molar-refractivity contribution in [3.63, 3.8) is 0 Å². The van der Waals surface area contributed by atoms with Crippen molar-refractivity contribution in [2.45, 2.75) is 70.3 Å². The quantitative estimate of drug-likeness (QED) is 0.738. The summed E-state index contributed by atoms with van der Waals surface area (Å²) in [4.78, 5) is 11.1. The van der Waals surface area contributed by atoms with Gasteiger partial charge in [-0.3, -0.25) is 4.79 Å². The fourth-order valence-corrected chi connectivity index (χ4v) is 4.67. The minimum atomic E-state index is -0.138. The smallest absolute Gasteiger partial charge is 0.302 e. The normalized spacial score (nSPS) is 30.3. The molecular formula is C21H27NO2. The van der Waals surface area contributed by atoms with E-state index < -0.39 is 0 Å². The van der Waals surface area contributed by atoms with E-state index in [-0.39, 0.29) is 12.1 Å². The highest BCUT2D eigenvalue weighted by molar-refractivity contribution is 5.66. The van der Waals surface area contributed by atoms with E-state index >= 15 is 0 Å². The summed E-state index contributed by atoms with van der Waals surface area (Å²) in [7, 11) is 0. The number of esters is 1. The van der Waals surface area contributed by atoms with Crippen molar-refractivity contribution in [3.8, 4) is 6.07 Å². The Bertz CT molecular complexity index is 585. The van der Waals surface area contributed by atoms with E-state index in [2.05, 4.69) is 18.2 Å². The van der Waals surface area contributed by atoms with Gasteiger partial charge in [0, 0.05) is 6.92 Å². The van der Waals surface area contributed by atoms with Crippen molar-refractivity contribution >= 4 is 5.97 Å². The Morgan fingerprint density at radius 1 is 0.958 bits per heavy atom. The van der Waals surface area contributed by atoms with Crippen LogP contribution in [0.1, 0.15) is 75.3 Å². The summed E-state index contributed by atoms with van der Waals surface area (Å²) in [6, 6.07) is 10.3. The van der Waals surface area contributed by atoms with Gasteiger partial charge in [0.15, 0.2) is 0 Å². The number of nitriles is 1. The van der Waals surface area contributed by atoms with E-state index in [1.165, 1.54) is 51.0 Å². The molecule has 1 aromatic carbocycles. The van der Waals surface area contributed by atoms with Gasteiger partial charge in [-0.1, -0.05) is 12.1 Å². The van der Waals surface area contributed by atoms with E-state index in [0.717, 1.165) is 30.2 Å². The predicted molar refractivity (Wildman–Crippen MR) is 93.4 cm³/mol. The number of hydrogen-bond donors (Lipinski definition) is 0. The fourth-order valence-electron chi connectivity index (χ4n) is 4.67. The van der Waals surface area contributed by atoms with E-state index in [0.29, 0.717) is 5.92 Å². The van der Waals surface area contributed by atoms with Gasteiger partial charge in [-0.25, -0.2) is 0 Å². The molecule has 2 aliphatic carbocycles. The van der Waals surface area contributed by atoms with Gasteiger partial charge >= 0.3 is 5.97 Å². The zero-order chi connectivity index (χ0) is 16.9. The summed E-state index contributed by atoms with van der Waals surface area (Å²) in [6.07, 6.45) is 9.82. The monoisotopic (exact) mass is 325 g/mol. The van der Waals surface area contributed by atoms with Crippen LogP contribution in [0.2, 0.25) is 0 Å². The number of carbonyl (C=O) groups excluding carboxylic acids is 1. The van der Waals surface area contributed by atoms with Crippen molar-refractivity contribution in [2.24, 2.45) is 11.8 Å². The minimum Gasteiger partial charge on any atom is -0.463 e. The molecule has 0 aromatic heterocycles. The highest BCUT2D eigenvalue weighted by Gasteiger charge is 2.32. The first-order valence-electron chi connectivity index (χ1n) is 9.33. The third kappa shape index (κ3) is 4.17. The average Bonchev–Trinajstić information content (AvgIpc) is 2.62. The second kappa shape index (κ2) is 7.83. The molecule has 0 N–H and O–H groups in total. The molecule has 0 heterocycles. The molecule has 3 nitrogen and oxygen atoms in total. The standard InChI is InChI=1S/C21H27NO2/c1-15(23)24-21-12-10-20(11-13-21)19-8-6-18(7-9-19)17-4-2-16(14-22)3-5-17/h2-5,18-21H,6-13H2,1H3/t18-,19-,20?,21?. The molecule has 0 radical (unpaired) electrons. The zero-order valence-electron chi connectivity index (χ0n) is 14.5. The number of benzene rings is 1. The number of carbonyl (C=O) groups is 1. The average molecular weight is 325 g/mol. The van der Waals surface area contributed by atoms with Gasteiger partial charge in [-0.05, 0) is 86.8 Å². The molecule has 0 spiro atoms. The molecule has 0 atom stereocenters. The maximum atomic E-state index is 11.1. The summed E-state index contributed by atoms with van der Waals surface area (Å²) in [5.74, 6) is 2.18. The Kier molecular flexibility index (Phi) is 5.56. The Morgan fingerprint density at radius 3 is 2.00 bits per heavy atom. The second-order valence-corrected chi connectivity index (χ2v) is 7.49. The molecule has 1 aromatic rings. The highest BCUT2D eigenvalue weighted by Crippen LogP contribution is 2.43. The molecule has 0 unspecified atom stereocenters. The maximum Gasteiger partial charge on any atom is 0.302 e. The van der Waals surface area contributed by atoms with Crippen LogP contribution in [0.25, 0.3) is 0 Å². The van der Waals surface area contributed by atoms with Gasteiger partial charge in [-0.15, -0.1) is 0 Å². The van der Waals surface area contributed by atoms with Crippen molar-refractivity contribution in [2.75, 3.05) is 0 Å². The third-order valence-corrected chi connectivity index (χ3v) is 6.00. The zero-order valence-corrected chi connectivity index (χ0v) is 14.5. The molecule has 3 rings (SSSR count). The largest absolute Gasteiger partial charge is 0.463 e. The van der Waals surface area contributed by atoms with Crippen LogP contribution in [0.3, 0.4) is 0 Å². The Labute approximate surface area is 145 Å². The van der Waals surface area contributed by atoms with Crippen LogP contribution in [0.5, 0.6) is 0 Å². The van der Waals surface area contributed by atoms with Crippen molar-refractivity contribution < 1.29 is 9.53 Å². The molecule has 0 bridgehead atoms. The summed E-state index contributed by atoms with van der Waals surface area (Å²) in [6.45, 7) is 1.51. The number of nitrogens with zero attached hydrogens (tertiary/aromatic N) is 1. The Balaban J connectivity index is 1.47. The van der Waals surface area contributed by atoms with Gasteiger partial charge < -0.3 is 4.74 Å². The second-order valence-electron chi connectivity index (χ2n) is 7.49. The van der Waals surface area contributed by atoms with Crippen molar-refractivity contribution in [1.29, 1.82) is 5.26 Å². The maximum absolute atomic E-state index is 11.1. The fraction of sp³-hybridized carbons (Fsp3) is 0.619. The molecule has 2 aliphatic rings. The first kappa shape index (κ1) is 17.0. The first-order valence-corrected chi connectivity index (χ1v) is 9.33. The summed E-state index contributed by atoms with van der Waals surface area (Å²) in [5, 5.41) is 8.91. The summed E-state index contributed by atoms with van der Waals surface area (Å²) >= 11 is 0. The highest BCUT2D eigenvalue weighted by atomic mass is 16.5. The molecule has 2 fully saturated rings. The van der Waals surface area contributed by atoms with Gasteiger partial charge in [0.25, 0.3) is 0 Å². The molecule has 128 valence electrons. The van der Waals surface area contributed by atoms with E-state index in [1.54, 1.807) is 0 Å². The van der Waals surface area contributed by atoms with E-state index in [1.807, 2.05) is 12.1 Å². The topological polar surface area (TPSA) is 50.1 Å². The van der Waals surface area contributed by atoms with Crippen LogP contribution in [-0.2, 0) is 9.53 Å². The lowest BCUT2D eigenvalue weighted by molar-refractivity contribution is -0.148. The lowest BCUT2D eigenvalue weighted by atomic mass is 9.69. The lowest BCUT2D eigenvalue weighted by Crippen LogP contribution is -2.29. The van der Waals surface area contributed by atoms with E-state index in [9.17, 15) is 4.79 Å². The van der Waals surface area contributed by atoms with Crippen molar-refractivity contribution in [3.05, 3.63) is 35.4 Å². The molecule has 2 saturated carbocycles. The predicted octanol–water partition coefficient (Wildman–Crippen LogP) is 4.95. The molecule has 0 amide bonds. The molecule has 0 saturated heterocycles. The van der Waals surface area contributed by atoms with Crippen molar-refractivity contribution in [1.82, 2.24) is 0 Å². The minimum absolute atomic E-state index is 0.138. The third-order valence-electron chi connectivity index (χ3n) is 6.00. The van der Waals surface area contributed by atoms with Gasteiger partial charge in [-0.2, -0.15) is 5.26 Å². The summed E-state index contributed by atoms with van der Waals surface area (Å²) in [5.41, 5.74) is 2.14. The van der Waals surface area contributed by atoms with Gasteiger partial charge in [0.05, 0.1) is 11.6 Å². The Hall–Kier alpha value is -1.82. The number of rotatable bonds is 3. The SMILES string of the molecule is CC(=O)OC1CCC([C@H]2CC[C@H](c3ccc(C#N)cc3)CC2)CC1. The van der Waals surface area contributed by atoms with Crippen LogP contribution in [0.15, 0.2) is 24.3 Å². The van der Waals surface area contributed by atoms with Crippen LogP contribution in [-0.4, -0.2) is 12.1 Å². The molecular weight excluding hydrogens is 298 g/mol. The summed E-state index contributed by atoms with van der Waals surface area (Å²) < 4.78 is 5.36. The van der Waals surface area contributed by atoms with Gasteiger partial charge in [0.2, 0.25) is 0 Å². The van der Waals surface area contributed by atoms with Crippen LogP contribution in [0.4, 0.5) is 0 Å². The number of ether oxygens (including phenoxy) is 1. The molecule has 3 heteroatoms. The molecule has 24 heavy (non-hydrogen) atoms. The molecule has 0 aliphatic heterocycles. The lowest BCUT2D eigenvalue weighted by Gasteiger charge is -2.37. The Morgan fingerprint density at radius 2 is 1.50 bits per heavy atom.